The van der Waals surface area contributed by atoms with Crippen LogP contribution in [0.4, 0.5) is 11.4 Å². The number of rotatable bonds is 2. The van der Waals surface area contributed by atoms with Crippen LogP contribution in [0.3, 0.4) is 0 Å². The molecule has 1 aliphatic rings. The molecule has 0 bridgehead atoms. The van der Waals surface area contributed by atoms with E-state index in [0.29, 0.717) is 12.2 Å². The molecular weight excluding hydrogens is 350 g/mol. The highest BCUT2D eigenvalue weighted by Gasteiger charge is 2.34. The topological polar surface area (TPSA) is 66.7 Å². The number of carbonyl (C=O) groups excluding carboxylic acids is 2. The highest BCUT2D eigenvalue weighted by atomic mass is 32.1. The maximum atomic E-state index is 13.0. The minimum atomic E-state index is -0.216. The third-order valence-corrected chi connectivity index (χ3v) is 5.08. The molecular formula is C19H17N3O3S. The standard InChI is InChI=1S/C19H17N3O3S/c1-12-10-21(19(24)18-4-3-7-25-18)17-8-14(15-9-20-26-11-15)5-6-16(17)22(12)13(2)23/h3-9,11-12H,10H2,1-2H3/t12-/m0/s1. The highest BCUT2D eigenvalue weighted by Crippen LogP contribution is 2.39. The van der Waals surface area contributed by atoms with E-state index in [1.807, 2.05) is 30.5 Å². The average Bonchev–Trinajstić information content (AvgIpc) is 3.33. The molecule has 0 radical (unpaired) electrons. The summed E-state index contributed by atoms with van der Waals surface area (Å²) in [5, 5.41) is 1.95. The van der Waals surface area contributed by atoms with Gasteiger partial charge in [-0.3, -0.25) is 9.59 Å². The fraction of sp³-hybridized carbons (Fsp3) is 0.211. The molecule has 0 N–H and O–H groups in total. The SMILES string of the molecule is CC(=O)N1c2ccc(-c3cnsc3)cc2N(C(=O)c2ccco2)C[C@@H]1C. The summed E-state index contributed by atoms with van der Waals surface area (Å²) in [5.41, 5.74) is 3.36. The van der Waals surface area contributed by atoms with Gasteiger partial charge >= 0.3 is 0 Å². The maximum Gasteiger partial charge on any atom is 0.294 e. The quantitative estimate of drug-likeness (QED) is 0.691. The third kappa shape index (κ3) is 2.70. The van der Waals surface area contributed by atoms with Crippen LogP contribution < -0.4 is 9.80 Å². The molecule has 0 aliphatic carbocycles. The van der Waals surface area contributed by atoms with E-state index in [2.05, 4.69) is 4.37 Å². The molecule has 3 aromatic rings. The van der Waals surface area contributed by atoms with Crippen molar-refractivity contribution in [3.05, 3.63) is 53.9 Å². The Bertz CT molecular complexity index is 951. The van der Waals surface area contributed by atoms with Crippen molar-refractivity contribution >= 4 is 34.7 Å². The van der Waals surface area contributed by atoms with Crippen LogP contribution in [0.5, 0.6) is 0 Å². The Morgan fingerprint density at radius 2 is 2.08 bits per heavy atom. The highest BCUT2D eigenvalue weighted by molar-refractivity contribution is 7.03. The molecule has 132 valence electrons. The molecule has 26 heavy (non-hydrogen) atoms. The summed E-state index contributed by atoms with van der Waals surface area (Å²) >= 11 is 1.37. The van der Waals surface area contributed by atoms with Crippen LogP contribution >= 0.6 is 11.5 Å². The molecule has 6 nitrogen and oxygen atoms in total. The Kier molecular flexibility index (Phi) is 4.08. The zero-order valence-corrected chi connectivity index (χ0v) is 15.2. The third-order valence-electron chi connectivity index (χ3n) is 4.50. The number of carbonyl (C=O) groups is 2. The van der Waals surface area contributed by atoms with Crippen molar-refractivity contribution in [2.24, 2.45) is 0 Å². The van der Waals surface area contributed by atoms with E-state index in [1.54, 1.807) is 35.1 Å². The molecule has 7 heteroatoms. The van der Waals surface area contributed by atoms with Gasteiger partial charge in [0.25, 0.3) is 5.91 Å². The number of aromatic nitrogens is 1. The number of amides is 2. The molecule has 1 atom stereocenters. The monoisotopic (exact) mass is 367 g/mol. The molecule has 1 aromatic carbocycles. The zero-order valence-electron chi connectivity index (χ0n) is 14.4. The average molecular weight is 367 g/mol. The lowest BCUT2D eigenvalue weighted by Crippen LogP contribution is -2.51. The Hall–Kier alpha value is -2.93. The van der Waals surface area contributed by atoms with Gasteiger partial charge in [0.05, 0.1) is 23.7 Å². The summed E-state index contributed by atoms with van der Waals surface area (Å²) in [6, 6.07) is 8.98. The van der Waals surface area contributed by atoms with Crippen LogP contribution in [0.25, 0.3) is 11.1 Å². The van der Waals surface area contributed by atoms with Crippen molar-refractivity contribution in [2.75, 3.05) is 16.3 Å². The van der Waals surface area contributed by atoms with E-state index < -0.39 is 0 Å². The first-order chi connectivity index (χ1) is 12.6. The lowest BCUT2D eigenvalue weighted by molar-refractivity contribution is -0.117. The van der Waals surface area contributed by atoms with Crippen LogP contribution in [0.2, 0.25) is 0 Å². The number of benzene rings is 1. The first-order valence-corrected chi connectivity index (χ1v) is 9.09. The van der Waals surface area contributed by atoms with Crippen LogP contribution in [0, 0.1) is 0 Å². The van der Waals surface area contributed by atoms with Crippen LogP contribution in [-0.4, -0.2) is 28.8 Å². The minimum absolute atomic E-state index is 0.0474. The van der Waals surface area contributed by atoms with Crippen molar-refractivity contribution in [1.29, 1.82) is 0 Å². The molecule has 2 aromatic heterocycles. The van der Waals surface area contributed by atoms with Gasteiger partial charge < -0.3 is 14.2 Å². The first kappa shape index (κ1) is 16.5. The molecule has 1 aliphatic heterocycles. The maximum absolute atomic E-state index is 13.0. The van der Waals surface area contributed by atoms with Gasteiger partial charge in [-0.1, -0.05) is 6.07 Å². The summed E-state index contributed by atoms with van der Waals surface area (Å²) in [6.07, 6.45) is 3.27. The molecule has 0 saturated heterocycles. The second-order valence-electron chi connectivity index (χ2n) is 6.25. The van der Waals surface area contributed by atoms with Crippen LogP contribution in [0.1, 0.15) is 24.4 Å². The first-order valence-electron chi connectivity index (χ1n) is 8.25. The minimum Gasteiger partial charge on any atom is -0.459 e. The Balaban J connectivity index is 1.85. The molecule has 4 rings (SSSR count). The Morgan fingerprint density at radius 3 is 2.73 bits per heavy atom. The summed E-state index contributed by atoms with van der Waals surface area (Å²) in [5.74, 6) is 0.0164. The number of hydrogen-bond acceptors (Lipinski definition) is 5. The summed E-state index contributed by atoms with van der Waals surface area (Å²) in [6.45, 7) is 3.88. The number of anilines is 2. The van der Waals surface area contributed by atoms with Gasteiger partial charge in [0, 0.05) is 30.6 Å². The van der Waals surface area contributed by atoms with Gasteiger partial charge in [-0.05, 0) is 48.3 Å². The number of fused-ring (bicyclic) bond motifs is 1. The molecule has 0 saturated carbocycles. The number of hydrogen-bond donors (Lipinski definition) is 0. The van der Waals surface area contributed by atoms with Crippen molar-refractivity contribution in [1.82, 2.24) is 4.37 Å². The Labute approximate surface area is 154 Å². The second-order valence-corrected chi connectivity index (χ2v) is 6.91. The fourth-order valence-electron chi connectivity index (χ4n) is 3.36. The second kappa shape index (κ2) is 6.42. The predicted octanol–water partition coefficient (Wildman–Crippen LogP) is 3.80. The smallest absolute Gasteiger partial charge is 0.294 e. The summed E-state index contributed by atoms with van der Waals surface area (Å²) in [7, 11) is 0. The van der Waals surface area contributed by atoms with E-state index in [-0.39, 0.29) is 23.6 Å². The summed E-state index contributed by atoms with van der Waals surface area (Å²) in [4.78, 5) is 28.6. The van der Waals surface area contributed by atoms with Crippen molar-refractivity contribution in [3.8, 4) is 11.1 Å². The molecule has 2 amide bonds. The van der Waals surface area contributed by atoms with E-state index in [0.717, 1.165) is 16.8 Å². The molecule has 0 unspecified atom stereocenters. The van der Waals surface area contributed by atoms with Crippen molar-refractivity contribution < 1.29 is 14.0 Å². The van der Waals surface area contributed by atoms with Gasteiger partial charge in [-0.15, -0.1) is 0 Å². The van der Waals surface area contributed by atoms with Crippen molar-refractivity contribution in [3.63, 3.8) is 0 Å². The predicted molar refractivity (Wildman–Crippen MR) is 101 cm³/mol. The summed E-state index contributed by atoms with van der Waals surface area (Å²) < 4.78 is 9.44. The van der Waals surface area contributed by atoms with E-state index in [4.69, 9.17) is 4.42 Å². The van der Waals surface area contributed by atoms with Crippen LogP contribution in [-0.2, 0) is 4.79 Å². The van der Waals surface area contributed by atoms with Gasteiger partial charge in [0.2, 0.25) is 5.91 Å². The number of furan rings is 1. The lowest BCUT2D eigenvalue weighted by Gasteiger charge is -2.40. The Morgan fingerprint density at radius 1 is 1.23 bits per heavy atom. The largest absolute Gasteiger partial charge is 0.459 e. The van der Waals surface area contributed by atoms with Gasteiger partial charge in [0.1, 0.15) is 0 Å². The lowest BCUT2D eigenvalue weighted by atomic mass is 10.0. The van der Waals surface area contributed by atoms with Gasteiger partial charge in [-0.2, -0.15) is 0 Å². The van der Waals surface area contributed by atoms with Crippen LogP contribution in [0.15, 0.2) is 52.6 Å². The zero-order chi connectivity index (χ0) is 18.3. The van der Waals surface area contributed by atoms with Crippen molar-refractivity contribution in [2.45, 2.75) is 19.9 Å². The molecule has 3 heterocycles. The molecule has 0 fully saturated rings. The fourth-order valence-corrected chi connectivity index (χ4v) is 3.90. The molecule has 0 spiro atoms. The number of nitrogens with zero attached hydrogens (tertiary/aromatic N) is 3. The van der Waals surface area contributed by atoms with Gasteiger partial charge in [-0.25, -0.2) is 4.37 Å². The van der Waals surface area contributed by atoms with E-state index in [1.165, 1.54) is 17.8 Å². The normalized spacial score (nSPS) is 16.5. The van der Waals surface area contributed by atoms with E-state index in [9.17, 15) is 9.59 Å². The van der Waals surface area contributed by atoms with Gasteiger partial charge in [0.15, 0.2) is 5.76 Å². The van der Waals surface area contributed by atoms with E-state index >= 15 is 0 Å².